The van der Waals surface area contributed by atoms with Crippen LogP contribution in [0, 0.1) is 5.92 Å². The summed E-state index contributed by atoms with van der Waals surface area (Å²) in [5.41, 5.74) is 1.28. The van der Waals surface area contributed by atoms with Gasteiger partial charge < -0.3 is 4.90 Å². The number of amides is 1. The van der Waals surface area contributed by atoms with Crippen molar-refractivity contribution in [2.24, 2.45) is 5.92 Å². The lowest BCUT2D eigenvalue weighted by Crippen LogP contribution is -2.51. The fourth-order valence-electron chi connectivity index (χ4n) is 5.10. The molecule has 0 spiro atoms. The van der Waals surface area contributed by atoms with E-state index in [2.05, 4.69) is 57.2 Å². The van der Waals surface area contributed by atoms with Crippen LogP contribution in [0.25, 0.3) is 6.08 Å². The van der Waals surface area contributed by atoms with Gasteiger partial charge in [0, 0.05) is 32.2 Å². The summed E-state index contributed by atoms with van der Waals surface area (Å²) >= 11 is 0. The molecule has 4 heteroatoms. The highest BCUT2D eigenvalue weighted by atomic mass is 16.2. The summed E-state index contributed by atoms with van der Waals surface area (Å²) in [5, 5.41) is 0. The van der Waals surface area contributed by atoms with Gasteiger partial charge in [0.15, 0.2) is 0 Å². The second kappa shape index (κ2) is 9.71. The average Bonchev–Trinajstić information content (AvgIpc) is 3.30. The first kappa shape index (κ1) is 19.7. The van der Waals surface area contributed by atoms with Crippen LogP contribution in [-0.4, -0.2) is 72.5 Å². The molecule has 0 N–H and O–H groups in total. The van der Waals surface area contributed by atoms with Crippen LogP contribution in [0.2, 0.25) is 0 Å². The van der Waals surface area contributed by atoms with Crippen LogP contribution in [0.4, 0.5) is 0 Å². The summed E-state index contributed by atoms with van der Waals surface area (Å²) in [7, 11) is 0. The Hall–Kier alpha value is -1.65. The second-order valence-corrected chi connectivity index (χ2v) is 8.71. The van der Waals surface area contributed by atoms with Crippen molar-refractivity contribution in [1.82, 2.24) is 14.7 Å². The van der Waals surface area contributed by atoms with E-state index in [0.29, 0.717) is 11.9 Å². The normalized spacial score (nSPS) is 25.6. The summed E-state index contributed by atoms with van der Waals surface area (Å²) in [4.78, 5) is 20.1. The Labute approximate surface area is 170 Å². The molecule has 4 rings (SSSR count). The van der Waals surface area contributed by atoms with Crippen molar-refractivity contribution >= 4 is 12.0 Å². The van der Waals surface area contributed by atoms with Crippen molar-refractivity contribution in [1.29, 1.82) is 0 Å². The summed E-state index contributed by atoms with van der Waals surface area (Å²) in [6.07, 6.45) is 11.7. The van der Waals surface area contributed by atoms with Gasteiger partial charge in [0.2, 0.25) is 5.91 Å². The maximum Gasteiger partial charge on any atom is 0.226 e. The Balaban J connectivity index is 1.22. The number of benzene rings is 1. The highest BCUT2D eigenvalue weighted by Crippen LogP contribution is 2.26. The number of likely N-dealkylation sites (tertiary alicyclic amines) is 3. The number of carbonyl (C=O) groups is 1. The highest BCUT2D eigenvalue weighted by molar-refractivity contribution is 5.79. The van der Waals surface area contributed by atoms with Gasteiger partial charge in [-0.2, -0.15) is 0 Å². The van der Waals surface area contributed by atoms with Gasteiger partial charge in [-0.3, -0.25) is 14.6 Å². The zero-order valence-electron chi connectivity index (χ0n) is 17.1. The van der Waals surface area contributed by atoms with Gasteiger partial charge in [0.05, 0.1) is 5.92 Å². The zero-order valence-corrected chi connectivity index (χ0v) is 17.1. The number of nitrogens with zero attached hydrogens (tertiary/aromatic N) is 3. The molecule has 1 amide bonds. The monoisotopic (exact) mass is 381 g/mol. The molecule has 0 saturated carbocycles. The van der Waals surface area contributed by atoms with E-state index in [1.165, 1.54) is 57.3 Å². The standard InChI is InChI=1S/C24H35N3O/c28-24(26-15-4-5-16-26)22-11-7-17-27(20-22)23-12-18-25(19-13-23)14-6-10-21-8-2-1-3-9-21/h1-3,6,8-10,22-23H,4-5,7,11-20H2/b10-6+. The number of carbonyl (C=O) groups excluding carboxylic acids is 1. The van der Waals surface area contributed by atoms with Crippen molar-refractivity contribution < 1.29 is 4.79 Å². The molecule has 3 heterocycles. The van der Waals surface area contributed by atoms with Crippen molar-refractivity contribution in [3.05, 3.63) is 42.0 Å². The maximum atomic E-state index is 12.8. The molecule has 0 radical (unpaired) electrons. The third kappa shape index (κ3) is 5.03. The first-order valence-electron chi connectivity index (χ1n) is 11.3. The van der Waals surface area contributed by atoms with E-state index in [1.54, 1.807) is 0 Å². The first-order valence-corrected chi connectivity index (χ1v) is 11.3. The smallest absolute Gasteiger partial charge is 0.226 e. The number of rotatable bonds is 5. The van der Waals surface area contributed by atoms with Crippen LogP contribution >= 0.6 is 0 Å². The lowest BCUT2D eigenvalue weighted by atomic mass is 9.93. The Bertz CT molecular complexity index is 645. The van der Waals surface area contributed by atoms with E-state index >= 15 is 0 Å². The molecule has 3 saturated heterocycles. The second-order valence-electron chi connectivity index (χ2n) is 8.71. The molecule has 0 bridgehead atoms. The number of hydrogen-bond donors (Lipinski definition) is 0. The Kier molecular flexibility index (Phi) is 6.81. The van der Waals surface area contributed by atoms with Gasteiger partial charge in [-0.25, -0.2) is 0 Å². The molecule has 1 aromatic rings. The van der Waals surface area contributed by atoms with Crippen molar-refractivity contribution in [3.63, 3.8) is 0 Å². The van der Waals surface area contributed by atoms with Crippen LogP contribution in [0.5, 0.6) is 0 Å². The molecular formula is C24H35N3O. The summed E-state index contributed by atoms with van der Waals surface area (Å²) in [6, 6.07) is 11.2. The average molecular weight is 382 g/mol. The molecule has 3 aliphatic rings. The third-order valence-electron chi connectivity index (χ3n) is 6.77. The van der Waals surface area contributed by atoms with Gasteiger partial charge in [-0.05, 0) is 63.7 Å². The molecule has 1 aromatic carbocycles. The van der Waals surface area contributed by atoms with Crippen molar-refractivity contribution in [2.45, 2.75) is 44.6 Å². The molecule has 1 atom stereocenters. The number of hydrogen-bond acceptors (Lipinski definition) is 3. The first-order chi connectivity index (χ1) is 13.8. The molecular weight excluding hydrogens is 346 g/mol. The quantitative estimate of drug-likeness (QED) is 0.781. The molecule has 0 aromatic heterocycles. The van der Waals surface area contributed by atoms with E-state index in [1.807, 2.05) is 0 Å². The minimum Gasteiger partial charge on any atom is -0.342 e. The van der Waals surface area contributed by atoms with E-state index in [0.717, 1.165) is 32.6 Å². The highest BCUT2D eigenvalue weighted by Gasteiger charge is 2.33. The largest absolute Gasteiger partial charge is 0.342 e. The summed E-state index contributed by atoms with van der Waals surface area (Å²) in [5.74, 6) is 0.685. The van der Waals surface area contributed by atoms with E-state index in [9.17, 15) is 4.79 Å². The van der Waals surface area contributed by atoms with Gasteiger partial charge in [-0.15, -0.1) is 0 Å². The van der Waals surface area contributed by atoms with Gasteiger partial charge in [0.1, 0.15) is 0 Å². The van der Waals surface area contributed by atoms with Gasteiger partial charge >= 0.3 is 0 Å². The Morgan fingerprint density at radius 3 is 2.43 bits per heavy atom. The molecule has 152 valence electrons. The molecule has 4 nitrogen and oxygen atoms in total. The van der Waals surface area contributed by atoms with Crippen LogP contribution in [0.1, 0.15) is 44.1 Å². The maximum absolute atomic E-state index is 12.8. The minimum absolute atomic E-state index is 0.249. The minimum atomic E-state index is 0.249. The molecule has 3 fully saturated rings. The molecule has 0 aliphatic carbocycles. The third-order valence-corrected chi connectivity index (χ3v) is 6.77. The van der Waals surface area contributed by atoms with Crippen LogP contribution < -0.4 is 0 Å². The zero-order chi connectivity index (χ0) is 19.2. The number of piperidine rings is 2. The van der Waals surface area contributed by atoms with Crippen LogP contribution in [0.3, 0.4) is 0 Å². The predicted octanol–water partition coefficient (Wildman–Crippen LogP) is 3.50. The summed E-state index contributed by atoms with van der Waals surface area (Å²) < 4.78 is 0. The molecule has 28 heavy (non-hydrogen) atoms. The van der Waals surface area contributed by atoms with E-state index < -0.39 is 0 Å². The Morgan fingerprint density at radius 1 is 0.929 bits per heavy atom. The van der Waals surface area contributed by atoms with Crippen molar-refractivity contribution in [2.75, 3.05) is 45.8 Å². The van der Waals surface area contributed by atoms with Gasteiger partial charge in [0.25, 0.3) is 0 Å². The predicted molar refractivity (Wildman–Crippen MR) is 115 cm³/mol. The molecule has 1 unspecified atom stereocenters. The lowest BCUT2D eigenvalue weighted by molar-refractivity contribution is -0.136. The van der Waals surface area contributed by atoms with E-state index in [4.69, 9.17) is 0 Å². The topological polar surface area (TPSA) is 26.8 Å². The van der Waals surface area contributed by atoms with Crippen LogP contribution in [-0.2, 0) is 4.79 Å². The fourth-order valence-corrected chi connectivity index (χ4v) is 5.10. The fraction of sp³-hybridized carbons (Fsp3) is 0.625. The van der Waals surface area contributed by atoms with Crippen molar-refractivity contribution in [3.8, 4) is 0 Å². The van der Waals surface area contributed by atoms with Crippen LogP contribution in [0.15, 0.2) is 36.4 Å². The SMILES string of the molecule is O=C(C1CCCN(C2CCN(C/C=C/c3ccccc3)CC2)C1)N1CCCC1. The lowest BCUT2D eigenvalue weighted by Gasteiger charge is -2.42. The molecule has 3 aliphatic heterocycles. The van der Waals surface area contributed by atoms with E-state index in [-0.39, 0.29) is 5.92 Å². The Morgan fingerprint density at radius 2 is 1.68 bits per heavy atom. The van der Waals surface area contributed by atoms with Gasteiger partial charge in [-0.1, -0.05) is 42.5 Å². The summed E-state index contributed by atoms with van der Waals surface area (Å²) in [6.45, 7) is 7.54.